The number of rotatable bonds is 3. The van der Waals surface area contributed by atoms with Crippen LogP contribution in [0.15, 0.2) is 35.5 Å². The Kier molecular flexibility index (Phi) is 4.36. The second-order valence-corrected chi connectivity index (χ2v) is 5.58. The minimum atomic E-state index is -0.134. The summed E-state index contributed by atoms with van der Waals surface area (Å²) in [5.41, 5.74) is 1.31. The van der Waals surface area contributed by atoms with Crippen molar-refractivity contribution in [1.29, 1.82) is 0 Å². The first kappa shape index (κ1) is 15.2. The number of piperidine rings is 1. The van der Waals surface area contributed by atoms with Crippen LogP contribution >= 0.6 is 0 Å². The Morgan fingerprint density at radius 2 is 2.09 bits per heavy atom. The van der Waals surface area contributed by atoms with Crippen molar-refractivity contribution in [2.45, 2.75) is 18.8 Å². The van der Waals surface area contributed by atoms with Gasteiger partial charge in [0.1, 0.15) is 5.82 Å². The summed E-state index contributed by atoms with van der Waals surface area (Å²) in [6, 6.07) is 5.03. The van der Waals surface area contributed by atoms with Crippen LogP contribution in [0.2, 0.25) is 0 Å². The maximum absolute atomic E-state index is 12.6. The summed E-state index contributed by atoms with van der Waals surface area (Å²) in [7, 11) is 1.77. The van der Waals surface area contributed by atoms with Gasteiger partial charge in [0.15, 0.2) is 0 Å². The van der Waals surface area contributed by atoms with Crippen LogP contribution in [0.4, 0.5) is 5.82 Å². The van der Waals surface area contributed by atoms with E-state index in [-0.39, 0.29) is 17.4 Å². The molecule has 1 aliphatic rings. The van der Waals surface area contributed by atoms with E-state index in [2.05, 4.69) is 20.3 Å². The van der Waals surface area contributed by atoms with E-state index in [1.54, 1.807) is 31.4 Å². The van der Waals surface area contributed by atoms with Gasteiger partial charge in [0.25, 0.3) is 11.5 Å². The molecule has 0 bridgehead atoms. The molecule has 1 aliphatic heterocycles. The number of nitrogens with zero attached hydrogens (tertiary/aromatic N) is 3. The zero-order valence-corrected chi connectivity index (χ0v) is 13.0. The van der Waals surface area contributed by atoms with Crippen molar-refractivity contribution in [3.63, 3.8) is 0 Å². The van der Waals surface area contributed by atoms with Crippen molar-refractivity contribution in [1.82, 2.24) is 19.9 Å². The molecule has 3 heterocycles. The Bertz CT molecular complexity index is 750. The number of carbonyl (C=O) groups is 1. The lowest BCUT2D eigenvalue weighted by Crippen LogP contribution is -2.38. The van der Waals surface area contributed by atoms with Crippen molar-refractivity contribution in [3.8, 4) is 0 Å². The molecule has 0 spiro atoms. The Labute approximate surface area is 133 Å². The third kappa shape index (κ3) is 3.39. The molecule has 120 valence electrons. The van der Waals surface area contributed by atoms with Gasteiger partial charge in [-0.1, -0.05) is 0 Å². The zero-order chi connectivity index (χ0) is 16.2. The molecule has 1 fully saturated rings. The van der Waals surface area contributed by atoms with Gasteiger partial charge in [0.05, 0.1) is 12.0 Å². The molecule has 1 saturated heterocycles. The first-order chi connectivity index (χ1) is 11.2. The summed E-state index contributed by atoms with van der Waals surface area (Å²) in [5, 5.41) is 2.94. The van der Waals surface area contributed by atoms with Gasteiger partial charge in [-0.25, -0.2) is 9.97 Å². The third-order valence-electron chi connectivity index (χ3n) is 4.16. The molecule has 0 saturated carbocycles. The lowest BCUT2D eigenvalue weighted by molar-refractivity contribution is 0.0712. The van der Waals surface area contributed by atoms with Crippen molar-refractivity contribution in [2.75, 3.05) is 25.5 Å². The number of likely N-dealkylation sites (tertiary alicyclic amines) is 1. The number of amides is 1. The Hall–Kier alpha value is -2.70. The Morgan fingerprint density at radius 3 is 2.78 bits per heavy atom. The molecule has 0 atom stereocenters. The Morgan fingerprint density at radius 1 is 1.30 bits per heavy atom. The van der Waals surface area contributed by atoms with Crippen LogP contribution in [0.25, 0.3) is 0 Å². The van der Waals surface area contributed by atoms with E-state index < -0.39 is 0 Å². The van der Waals surface area contributed by atoms with Crippen LogP contribution in [0.3, 0.4) is 0 Å². The fourth-order valence-electron chi connectivity index (χ4n) is 2.87. The summed E-state index contributed by atoms with van der Waals surface area (Å²) in [6.07, 6.45) is 4.69. The molecular weight excluding hydrogens is 294 g/mol. The molecule has 2 aromatic rings. The van der Waals surface area contributed by atoms with Crippen LogP contribution < -0.4 is 10.9 Å². The van der Waals surface area contributed by atoms with Gasteiger partial charge < -0.3 is 15.2 Å². The SMILES string of the molecule is CNc1cc(C(=O)N2CCC(c3cc(=O)[nH]cn3)CC2)ccn1. The number of aromatic amines is 1. The molecule has 1 amide bonds. The van der Waals surface area contributed by atoms with Crippen LogP contribution in [0.1, 0.15) is 34.8 Å². The van der Waals surface area contributed by atoms with Gasteiger partial charge in [-0.05, 0) is 25.0 Å². The first-order valence-electron chi connectivity index (χ1n) is 7.65. The number of aromatic nitrogens is 3. The van der Waals surface area contributed by atoms with Gasteiger partial charge in [-0.15, -0.1) is 0 Å². The van der Waals surface area contributed by atoms with Crippen LogP contribution in [0, 0.1) is 0 Å². The number of hydrogen-bond donors (Lipinski definition) is 2. The van der Waals surface area contributed by atoms with Crippen LogP contribution in [0.5, 0.6) is 0 Å². The fraction of sp³-hybridized carbons (Fsp3) is 0.375. The molecule has 23 heavy (non-hydrogen) atoms. The molecule has 2 aromatic heterocycles. The summed E-state index contributed by atoms with van der Waals surface area (Å²) in [4.78, 5) is 36.7. The zero-order valence-electron chi connectivity index (χ0n) is 13.0. The van der Waals surface area contributed by atoms with Crippen LogP contribution in [-0.2, 0) is 0 Å². The quantitative estimate of drug-likeness (QED) is 0.889. The molecule has 7 heteroatoms. The number of nitrogens with one attached hydrogen (secondary N) is 2. The van der Waals surface area contributed by atoms with E-state index in [1.807, 2.05) is 4.90 Å². The number of hydrogen-bond acceptors (Lipinski definition) is 5. The lowest BCUT2D eigenvalue weighted by atomic mass is 9.93. The second kappa shape index (κ2) is 6.60. The van der Waals surface area contributed by atoms with Gasteiger partial charge in [-0.2, -0.15) is 0 Å². The largest absolute Gasteiger partial charge is 0.373 e. The average molecular weight is 313 g/mol. The van der Waals surface area contributed by atoms with Crippen LogP contribution in [-0.4, -0.2) is 45.9 Å². The van der Waals surface area contributed by atoms with Gasteiger partial charge in [0.2, 0.25) is 0 Å². The summed E-state index contributed by atoms with van der Waals surface area (Å²) in [6.45, 7) is 1.32. The highest BCUT2D eigenvalue weighted by Gasteiger charge is 2.25. The van der Waals surface area contributed by atoms with Crippen molar-refractivity contribution < 1.29 is 4.79 Å². The Balaban J connectivity index is 1.66. The molecular formula is C16H19N5O2. The molecule has 7 nitrogen and oxygen atoms in total. The average Bonchev–Trinajstić information content (AvgIpc) is 2.61. The van der Waals surface area contributed by atoms with E-state index in [9.17, 15) is 9.59 Å². The van der Waals surface area contributed by atoms with Gasteiger partial charge >= 0.3 is 0 Å². The topological polar surface area (TPSA) is 91.0 Å². The molecule has 0 radical (unpaired) electrons. The number of H-pyrrole nitrogens is 1. The van der Waals surface area contributed by atoms with E-state index in [1.165, 1.54) is 6.33 Å². The maximum Gasteiger partial charge on any atom is 0.254 e. The maximum atomic E-state index is 12.6. The minimum absolute atomic E-state index is 0.0150. The van der Waals surface area contributed by atoms with Crippen molar-refractivity contribution in [2.24, 2.45) is 0 Å². The molecule has 2 N–H and O–H groups in total. The predicted molar refractivity (Wildman–Crippen MR) is 86.5 cm³/mol. The number of pyridine rings is 1. The number of carbonyl (C=O) groups excluding carboxylic acids is 1. The first-order valence-corrected chi connectivity index (χ1v) is 7.65. The highest BCUT2D eigenvalue weighted by Crippen LogP contribution is 2.26. The summed E-state index contributed by atoms with van der Waals surface area (Å²) >= 11 is 0. The third-order valence-corrected chi connectivity index (χ3v) is 4.16. The smallest absolute Gasteiger partial charge is 0.254 e. The van der Waals surface area contributed by atoms with E-state index in [4.69, 9.17) is 0 Å². The summed E-state index contributed by atoms with van der Waals surface area (Å²) < 4.78 is 0. The normalized spacial score (nSPS) is 15.4. The number of anilines is 1. The molecule has 0 aliphatic carbocycles. The monoisotopic (exact) mass is 313 g/mol. The minimum Gasteiger partial charge on any atom is -0.373 e. The highest BCUT2D eigenvalue weighted by molar-refractivity contribution is 5.94. The predicted octanol–water partition coefficient (Wildman–Crippen LogP) is 1.23. The van der Waals surface area contributed by atoms with Gasteiger partial charge in [-0.3, -0.25) is 9.59 Å². The molecule has 0 unspecified atom stereocenters. The van der Waals surface area contributed by atoms with Crippen molar-refractivity contribution in [3.05, 3.63) is 52.3 Å². The van der Waals surface area contributed by atoms with Crippen molar-refractivity contribution >= 4 is 11.7 Å². The molecule has 0 aromatic carbocycles. The fourth-order valence-corrected chi connectivity index (χ4v) is 2.87. The highest BCUT2D eigenvalue weighted by atomic mass is 16.2. The lowest BCUT2D eigenvalue weighted by Gasteiger charge is -2.31. The summed E-state index contributed by atoms with van der Waals surface area (Å²) in [5.74, 6) is 0.923. The second-order valence-electron chi connectivity index (χ2n) is 5.58. The molecule has 3 rings (SSSR count). The van der Waals surface area contributed by atoms with E-state index >= 15 is 0 Å². The standard InChI is InChI=1S/C16H19N5O2/c1-17-14-8-12(2-5-18-14)16(23)21-6-3-11(4-7-21)13-9-15(22)20-10-19-13/h2,5,8-11H,3-4,6-7H2,1H3,(H,17,18)(H,19,20,22). The van der Waals surface area contributed by atoms with E-state index in [0.29, 0.717) is 24.5 Å². The van der Waals surface area contributed by atoms with Gasteiger partial charge in [0, 0.05) is 43.9 Å². The van der Waals surface area contributed by atoms with E-state index in [0.717, 1.165) is 18.5 Å².